The molecule has 0 radical (unpaired) electrons. The van der Waals surface area contributed by atoms with Crippen LogP contribution in [-0.4, -0.2) is 14.5 Å². The van der Waals surface area contributed by atoms with Crippen LogP contribution in [0.3, 0.4) is 0 Å². The van der Waals surface area contributed by atoms with E-state index in [1.807, 2.05) is 82.3 Å². The Bertz CT molecular complexity index is 3590. The molecule has 2 heterocycles. The van der Waals surface area contributed by atoms with Gasteiger partial charge in [-0.3, -0.25) is 9.55 Å². The van der Waals surface area contributed by atoms with E-state index in [2.05, 4.69) is 105 Å². The van der Waals surface area contributed by atoms with Crippen molar-refractivity contribution in [2.75, 3.05) is 0 Å². The summed E-state index contributed by atoms with van der Waals surface area (Å²) in [6.45, 7) is 4.19. The van der Waals surface area contributed by atoms with Crippen LogP contribution >= 0.6 is 0 Å². The fraction of sp³-hybridized carbons (Fsp3) is 0.210. The number of hydrogen-bond acceptors (Lipinski definition) is 3. The minimum Gasteiger partial charge on any atom is -0.665 e. The molecule has 4 nitrogen and oxygen atoms in total. The number of para-hydroxylation sites is 1. The number of fused-ring (bicyclic) bond motifs is 1. The second-order valence-corrected chi connectivity index (χ2v) is 18.4. The van der Waals surface area contributed by atoms with Gasteiger partial charge in [0.05, 0.1) is 28.0 Å². The van der Waals surface area contributed by atoms with Gasteiger partial charge in [-0.2, -0.15) is 7.11 Å². The van der Waals surface area contributed by atoms with Crippen LogP contribution in [0.4, 0.5) is 0 Å². The zero-order valence-corrected chi connectivity index (χ0v) is 41.1. The third kappa shape index (κ3) is 9.34. The van der Waals surface area contributed by atoms with Crippen molar-refractivity contribution in [3.8, 4) is 78.6 Å². The van der Waals surface area contributed by atoms with Crippen LogP contribution in [0.2, 0.25) is 0 Å². The van der Waals surface area contributed by atoms with Crippen molar-refractivity contribution in [2.24, 2.45) is 0 Å². The predicted octanol–water partition coefficient (Wildman–Crippen LogP) is 16.7. The summed E-state index contributed by atoms with van der Waals surface area (Å²) in [4.78, 5) is 10.5. The van der Waals surface area contributed by atoms with Crippen molar-refractivity contribution < 1.29 is 39.5 Å². The number of benzene rings is 7. The van der Waals surface area contributed by atoms with Crippen molar-refractivity contribution >= 4 is 11.0 Å². The van der Waals surface area contributed by atoms with Crippen LogP contribution in [0.15, 0.2) is 158 Å². The minimum absolute atomic E-state index is 0. The Morgan fingerprint density at radius 2 is 1.31 bits per heavy atom. The number of ether oxygens (including phenoxy) is 1. The van der Waals surface area contributed by atoms with Gasteiger partial charge in [0.15, 0.2) is 0 Å². The first-order valence-corrected chi connectivity index (χ1v) is 22.1. The monoisotopic (exact) mass is 1070 g/mol. The van der Waals surface area contributed by atoms with E-state index >= 15 is 0 Å². The normalized spacial score (nSPS) is 14.7. The Hall–Kier alpha value is -6.35. The third-order valence-electron chi connectivity index (χ3n) is 12.3. The van der Waals surface area contributed by atoms with Crippen LogP contribution in [0, 0.1) is 27.0 Å². The van der Waals surface area contributed by atoms with Gasteiger partial charge in [0, 0.05) is 31.2 Å². The zero-order chi connectivity index (χ0) is 54.9. The van der Waals surface area contributed by atoms with Gasteiger partial charge in [-0.15, -0.1) is 29.3 Å². The second-order valence-electron chi connectivity index (χ2n) is 18.4. The summed E-state index contributed by atoms with van der Waals surface area (Å²) in [6.07, 6.45) is 1.66. The number of aromatic nitrogens is 3. The average molecular weight is 1070 g/mol. The summed E-state index contributed by atoms with van der Waals surface area (Å²) < 4.78 is 91.6. The molecular formula is C62H59N3OPt. The maximum atomic E-state index is 9.48. The summed E-state index contributed by atoms with van der Waals surface area (Å²) in [7, 11) is 3.92. The van der Waals surface area contributed by atoms with E-state index in [0.717, 1.165) is 72.4 Å². The Labute approximate surface area is 426 Å². The summed E-state index contributed by atoms with van der Waals surface area (Å²) in [5.41, 5.74) is 11.1. The first-order chi connectivity index (χ1) is 35.6. The molecule has 9 rings (SSSR count). The van der Waals surface area contributed by atoms with Crippen LogP contribution in [0.5, 0.6) is 5.75 Å². The van der Waals surface area contributed by atoms with Gasteiger partial charge in [-0.05, 0) is 111 Å². The molecule has 5 heteroatoms. The van der Waals surface area contributed by atoms with Gasteiger partial charge in [-0.25, -0.2) is 4.98 Å². The molecule has 0 amide bonds. The van der Waals surface area contributed by atoms with Gasteiger partial charge in [0.2, 0.25) is 0 Å². The molecule has 0 aliphatic rings. The van der Waals surface area contributed by atoms with E-state index in [1.54, 1.807) is 24.4 Å². The molecule has 7 aromatic carbocycles. The van der Waals surface area contributed by atoms with Crippen LogP contribution in [0.25, 0.3) is 83.9 Å². The molecule has 0 bridgehead atoms. The number of nitrogens with zero attached hydrogens (tertiary/aromatic N) is 3. The first kappa shape index (κ1) is 35.8. The molecule has 0 unspecified atom stereocenters. The van der Waals surface area contributed by atoms with Gasteiger partial charge in [0.25, 0.3) is 0 Å². The molecule has 9 aromatic rings. The molecule has 338 valence electrons. The Kier molecular flexibility index (Phi) is 10.0. The largest absolute Gasteiger partial charge is 2.00 e. The van der Waals surface area contributed by atoms with E-state index in [9.17, 15) is 1.37 Å². The fourth-order valence-corrected chi connectivity index (χ4v) is 8.90. The van der Waals surface area contributed by atoms with Crippen molar-refractivity contribution in [3.63, 3.8) is 0 Å². The van der Waals surface area contributed by atoms with E-state index in [0.29, 0.717) is 39.5 Å². The van der Waals surface area contributed by atoms with Gasteiger partial charge in [0.1, 0.15) is 5.82 Å². The maximum Gasteiger partial charge on any atom is 2.00 e. The van der Waals surface area contributed by atoms with Crippen LogP contribution in [0.1, 0.15) is 103 Å². The number of aryl methyl sites for hydroxylation is 2. The quantitative estimate of drug-likeness (QED) is 0.135. The minimum atomic E-state index is -3.38. The second kappa shape index (κ2) is 18.7. The molecule has 0 fully saturated rings. The topological polar surface area (TPSA) is 39.9 Å². The third-order valence-corrected chi connectivity index (χ3v) is 12.3. The Balaban J connectivity index is 0.00000784. The number of pyridine rings is 1. The van der Waals surface area contributed by atoms with E-state index in [1.165, 1.54) is 12.1 Å². The number of rotatable bonds is 9. The van der Waals surface area contributed by atoms with Crippen LogP contribution < -0.4 is 4.74 Å². The van der Waals surface area contributed by atoms with E-state index in [-0.39, 0.29) is 32.0 Å². The molecule has 0 atom stereocenters. The summed E-state index contributed by atoms with van der Waals surface area (Å²) in [5, 5.41) is 0. The maximum absolute atomic E-state index is 9.48. The molecule has 0 aliphatic heterocycles. The van der Waals surface area contributed by atoms with Crippen LogP contribution in [-0.2, 0) is 31.9 Å². The van der Waals surface area contributed by atoms with E-state index < -0.39 is 31.9 Å². The molecule has 2 aromatic heterocycles. The summed E-state index contributed by atoms with van der Waals surface area (Å²) in [5.74, 6) is 0.251. The van der Waals surface area contributed by atoms with Crippen molar-refractivity contribution in [1.29, 1.82) is 0 Å². The molecule has 0 saturated carbocycles. The zero-order valence-electron chi connectivity index (χ0n) is 48.8. The van der Waals surface area contributed by atoms with Crippen molar-refractivity contribution in [2.45, 2.75) is 85.7 Å². The fourth-order valence-electron chi connectivity index (χ4n) is 8.90. The molecule has 0 aliphatic carbocycles. The van der Waals surface area contributed by atoms with Crippen molar-refractivity contribution in [1.82, 2.24) is 14.5 Å². The number of imidazole rings is 1. The Morgan fingerprint density at radius 1 is 0.642 bits per heavy atom. The predicted molar refractivity (Wildman–Crippen MR) is 277 cm³/mol. The smallest absolute Gasteiger partial charge is 0.665 e. The standard InChI is InChI=1S/C62H59N3O.Pt/c1-39(2)51-37-53(44-21-16-13-17-22-44)57(38-52(51)43-19-14-12-15-20-43)65-56-24-18-23-50(58(56)64-60(65)54-32-40(3)31-41(4)59(54)66-11)46-33-47(35-49(34-46)62(8,9)10)55-36-45(29-30-63-55)42-25-27-48(28-26-42)61(5,6)7;/h12-32,34-39H,11H2,1-10H3;/q-2;+2/i5D3,6D3,7D3,39D;. The Morgan fingerprint density at radius 3 is 1.96 bits per heavy atom. The summed E-state index contributed by atoms with van der Waals surface area (Å²) in [6, 6.07) is 52.3. The molecule has 0 saturated heterocycles. The molecular weight excluding hydrogens is 998 g/mol. The molecule has 0 N–H and O–H groups in total. The van der Waals surface area contributed by atoms with Gasteiger partial charge >= 0.3 is 21.1 Å². The average Bonchev–Trinajstić information content (AvgIpc) is 3.86. The first-order valence-electron chi connectivity index (χ1n) is 27.1. The number of hydrogen-bond donors (Lipinski definition) is 0. The SMILES string of the molecule is [2H]C(C)(C)c1cc(-c2ccccc2)c(-n2c(-c3cc(C)cc(C)c3O[CH2-])nc3c(-c4[c-]c(-c5cc(-c6ccc(C(C([2H])([2H])[2H])(C([2H])([2H])[2H])C([2H])([2H])[2H])cc6)ccn5)cc(C(C)(C)C)c4)cccc32)cc1-c1ccccc1.[Pt+2]. The summed E-state index contributed by atoms with van der Waals surface area (Å²) >= 11 is 0. The van der Waals surface area contributed by atoms with Gasteiger partial charge < -0.3 is 4.74 Å². The van der Waals surface area contributed by atoms with Crippen molar-refractivity contribution in [3.05, 3.63) is 199 Å². The molecule has 67 heavy (non-hydrogen) atoms. The van der Waals surface area contributed by atoms with E-state index in [4.69, 9.17) is 27.0 Å². The van der Waals surface area contributed by atoms with Gasteiger partial charge in [-0.1, -0.05) is 175 Å². The molecule has 0 spiro atoms.